The minimum Gasteiger partial charge on any atom is -0.428 e. The molecule has 0 fully saturated rings. The molecular weight excluding hydrogens is 380 g/mol. The fourth-order valence-electron chi connectivity index (χ4n) is 1.64. The number of fused-ring (bicyclic) bond motifs is 1. The summed E-state index contributed by atoms with van der Waals surface area (Å²) in [6.07, 6.45) is -12.2. The number of rotatable bonds is 3. The number of benzene rings is 2. The molecule has 0 N–H and O–H groups in total. The molecule has 3 nitrogen and oxygen atoms in total. The van der Waals surface area contributed by atoms with E-state index < -0.39 is 42.0 Å². The van der Waals surface area contributed by atoms with Gasteiger partial charge in [0.25, 0.3) is 0 Å². The summed E-state index contributed by atoms with van der Waals surface area (Å²) in [5.41, 5.74) is 0. The van der Waals surface area contributed by atoms with Crippen molar-refractivity contribution >= 4 is 0 Å². The molecule has 1 heterocycles. The van der Waals surface area contributed by atoms with Gasteiger partial charge >= 0.3 is 18.8 Å². The van der Waals surface area contributed by atoms with Crippen LogP contribution in [0.15, 0.2) is 42.5 Å². The molecule has 11 heteroatoms. The van der Waals surface area contributed by atoms with Crippen LogP contribution in [-0.4, -0.2) is 18.8 Å². The number of hydrogen-bond acceptors (Lipinski definition) is 3. The molecule has 1 aliphatic heterocycles. The normalized spacial score (nSPS) is 14.7. The van der Waals surface area contributed by atoms with Gasteiger partial charge in [-0.15, -0.1) is 8.78 Å². The van der Waals surface area contributed by atoms with Gasteiger partial charge < -0.3 is 14.2 Å². The number of halogens is 8. The van der Waals surface area contributed by atoms with Crippen LogP contribution in [0.4, 0.5) is 35.1 Å². The molecule has 0 saturated heterocycles. The topological polar surface area (TPSA) is 27.7 Å². The lowest BCUT2D eigenvalue weighted by molar-refractivity contribution is -0.287. The molecule has 0 unspecified atom stereocenters. The van der Waals surface area contributed by atoms with Gasteiger partial charge in [-0.1, -0.05) is 6.07 Å². The standard InChI is InChI=1S/C8H5F5O.C7H3F3O2/c9-5-1-3-6(4-2-5)14-8(12,13)7(10)11;8-4-2-1-3-5-6(4)12-7(9,10)11-5/h1-4,7H;1-3H. The maximum Gasteiger partial charge on any atom is 0.586 e. The number of alkyl halides is 6. The maximum atomic E-state index is 12.7. The van der Waals surface area contributed by atoms with Crippen molar-refractivity contribution < 1.29 is 49.3 Å². The van der Waals surface area contributed by atoms with Gasteiger partial charge in [0.15, 0.2) is 11.6 Å². The van der Waals surface area contributed by atoms with E-state index in [2.05, 4.69) is 14.2 Å². The number of ether oxygens (including phenoxy) is 3. The average Bonchev–Trinajstić information content (AvgIpc) is 2.86. The van der Waals surface area contributed by atoms with Crippen molar-refractivity contribution in [1.29, 1.82) is 0 Å². The van der Waals surface area contributed by atoms with Gasteiger partial charge in [0.2, 0.25) is 5.75 Å². The fourth-order valence-corrected chi connectivity index (χ4v) is 1.64. The van der Waals surface area contributed by atoms with Gasteiger partial charge in [0.1, 0.15) is 11.6 Å². The fraction of sp³-hybridized carbons (Fsp3) is 0.200. The average molecular weight is 388 g/mol. The van der Waals surface area contributed by atoms with E-state index in [0.717, 1.165) is 30.3 Å². The van der Waals surface area contributed by atoms with Crippen LogP contribution in [0.1, 0.15) is 0 Å². The van der Waals surface area contributed by atoms with Gasteiger partial charge in [-0.05, 0) is 36.4 Å². The molecule has 142 valence electrons. The smallest absolute Gasteiger partial charge is 0.428 e. The minimum atomic E-state index is -4.56. The Morgan fingerprint density at radius 2 is 1.54 bits per heavy atom. The van der Waals surface area contributed by atoms with Gasteiger partial charge in [-0.25, -0.2) is 8.78 Å². The van der Waals surface area contributed by atoms with E-state index in [0.29, 0.717) is 0 Å². The first kappa shape index (κ1) is 19.6. The summed E-state index contributed by atoms with van der Waals surface area (Å²) < 4.78 is 109. The molecule has 0 amide bonds. The summed E-state index contributed by atoms with van der Waals surface area (Å²) in [7, 11) is 0. The molecular formula is C15H8F8O3. The quantitative estimate of drug-likeness (QED) is 0.676. The van der Waals surface area contributed by atoms with Crippen molar-refractivity contribution in [2.75, 3.05) is 0 Å². The molecule has 0 saturated carbocycles. The van der Waals surface area contributed by atoms with Gasteiger partial charge in [-0.3, -0.25) is 0 Å². The molecule has 3 rings (SSSR count). The SMILES string of the molecule is Fc1ccc(OC(F)(F)C(F)F)cc1.Fc1cccc2c1OC(F)(F)O2. The highest BCUT2D eigenvalue weighted by Gasteiger charge is 2.45. The Morgan fingerprint density at radius 1 is 0.923 bits per heavy atom. The van der Waals surface area contributed by atoms with E-state index in [1.54, 1.807) is 0 Å². The summed E-state index contributed by atoms with van der Waals surface area (Å²) in [6.45, 7) is 0. The van der Waals surface area contributed by atoms with Gasteiger partial charge in [0.05, 0.1) is 0 Å². The Labute approximate surface area is 140 Å². The first-order valence-electron chi connectivity index (χ1n) is 6.65. The summed E-state index contributed by atoms with van der Waals surface area (Å²) in [5, 5.41) is 0. The van der Waals surface area contributed by atoms with Crippen molar-refractivity contribution in [3.63, 3.8) is 0 Å². The minimum absolute atomic E-state index is 0.278. The van der Waals surface area contributed by atoms with Crippen LogP contribution in [0.5, 0.6) is 17.2 Å². The van der Waals surface area contributed by atoms with Gasteiger partial charge in [0, 0.05) is 0 Å². The molecule has 2 aromatic rings. The van der Waals surface area contributed by atoms with Crippen molar-refractivity contribution in [3.8, 4) is 17.2 Å². The van der Waals surface area contributed by atoms with Crippen LogP contribution in [0, 0.1) is 11.6 Å². The molecule has 26 heavy (non-hydrogen) atoms. The molecule has 0 spiro atoms. The van der Waals surface area contributed by atoms with Crippen LogP contribution >= 0.6 is 0 Å². The van der Waals surface area contributed by atoms with E-state index in [1.165, 1.54) is 12.1 Å². The Morgan fingerprint density at radius 3 is 2.08 bits per heavy atom. The van der Waals surface area contributed by atoms with Crippen molar-refractivity contribution in [1.82, 2.24) is 0 Å². The number of hydrogen-bond donors (Lipinski definition) is 0. The highest BCUT2D eigenvalue weighted by atomic mass is 19.3. The van der Waals surface area contributed by atoms with Crippen molar-refractivity contribution in [2.24, 2.45) is 0 Å². The molecule has 0 aromatic heterocycles. The zero-order chi connectivity index (χ0) is 19.5. The summed E-state index contributed by atoms with van der Waals surface area (Å²) in [6, 6.07) is 6.83. The van der Waals surface area contributed by atoms with E-state index >= 15 is 0 Å². The lowest BCUT2D eigenvalue weighted by atomic mass is 10.3. The zero-order valence-corrected chi connectivity index (χ0v) is 12.4. The zero-order valence-electron chi connectivity index (χ0n) is 12.4. The van der Waals surface area contributed by atoms with Crippen molar-refractivity contribution in [3.05, 3.63) is 54.1 Å². The third kappa shape index (κ3) is 4.90. The van der Waals surface area contributed by atoms with E-state index in [1.807, 2.05) is 0 Å². The van der Waals surface area contributed by atoms with Crippen molar-refractivity contribution in [2.45, 2.75) is 18.8 Å². The van der Waals surface area contributed by atoms with Gasteiger partial charge in [-0.2, -0.15) is 17.6 Å². The second-order valence-corrected chi connectivity index (χ2v) is 4.65. The molecule has 0 radical (unpaired) electrons. The maximum absolute atomic E-state index is 12.7. The summed E-state index contributed by atoms with van der Waals surface area (Å²) >= 11 is 0. The Balaban J connectivity index is 0.000000189. The van der Waals surface area contributed by atoms with E-state index in [9.17, 15) is 35.1 Å². The predicted molar refractivity (Wildman–Crippen MR) is 70.6 cm³/mol. The molecule has 0 atom stereocenters. The number of para-hydroxylation sites is 1. The van der Waals surface area contributed by atoms with Crippen LogP contribution < -0.4 is 14.2 Å². The summed E-state index contributed by atoms with van der Waals surface area (Å²) in [5.74, 6) is -2.86. The second-order valence-electron chi connectivity index (χ2n) is 4.65. The van der Waals surface area contributed by atoms with E-state index in [-0.39, 0.29) is 5.75 Å². The molecule has 0 aliphatic carbocycles. The largest absolute Gasteiger partial charge is 0.586 e. The Kier molecular flexibility index (Phi) is 5.47. The Hall–Kier alpha value is -2.72. The lowest BCUT2D eigenvalue weighted by Gasteiger charge is -2.16. The van der Waals surface area contributed by atoms with Crippen LogP contribution in [0.3, 0.4) is 0 Å². The highest BCUT2D eigenvalue weighted by molar-refractivity contribution is 5.43. The molecule has 0 bridgehead atoms. The van der Waals surface area contributed by atoms with E-state index in [4.69, 9.17) is 0 Å². The third-order valence-corrected chi connectivity index (χ3v) is 2.70. The monoisotopic (exact) mass is 388 g/mol. The second kappa shape index (κ2) is 7.26. The van der Waals surface area contributed by atoms with Crippen LogP contribution in [0.2, 0.25) is 0 Å². The lowest BCUT2D eigenvalue weighted by Crippen LogP contribution is -2.33. The van der Waals surface area contributed by atoms with Crippen LogP contribution in [-0.2, 0) is 0 Å². The first-order chi connectivity index (χ1) is 12.0. The first-order valence-corrected chi connectivity index (χ1v) is 6.65. The molecule has 1 aliphatic rings. The summed E-state index contributed by atoms with van der Waals surface area (Å²) in [4.78, 5) is 0. The molecule has 2 aromatic carbocycles. The Bertz CT molecular complexity index is 749. The predicted octanol–water partition coefficient (Wildman–Crippen LogP) is 5.21. The van der Waals surface area contributed by atoms with Crippen LogP contribution in [0.25, 0.3) is 0 Å². The highest BCUT2D eigenvalue weighted by Crippen LogP contribution is 2.42. The third-order valence-electron chi connectivity index (χ3n) is 2.70.